The number of carbonyl (C=O) groups is 3. The van der Waals surface area contributed by atoms with Gasteiger partial charge in [0.15, 0.2) is 0 Å². The molecular weight excluding hydrogens is 502 g/mol. The second-order valence-electron chi connectivity index (χ2n) is 7.94. The highest BCUT2D eigenvalue weighted by Crippen LogP contribution is 2.23. The summed E-state index contributed by atoms with van der Waals surface area (Å²) in [6.45, 7) is 0. The Labute approximate surface area is 224 Å². The number of hydrogen-bond acceptors (Lipinski definition) is 6. The second kappa shape index (κ2) is 13.0. The molecule has 0 spiro atoms. The van der Waals surface area contributed by atoms with Crippen molar-refractivity contribution in [3.8, 4) is 5.75 Å². The van der Waals surface area contributed by atoms with Gasteiger partial charge in [0.1, 0.15) is 17.2 Å². The van der Waals surface area contributed by atoms with Crippen LogP contribution in [0.3, 0.4) is 0 Å². The van der Waals surface area contributed by atoms with Crippen molar-refractivity contribution in [2.75, 3.05) is 23.5 Å². The van der Waals surface area contributed by atoms with Crippen LogP contribution in [0.1, 0.15) is 16.1 Å². The van der Waals surface area contributed by atoms with Crippen LogP contribution in [0.2, 0.25) is 0 Å². The van der Waals surface area contributed by atoms with Crippen LogP contribution in [0.15, 0.2) is 112 Å². The number of benzene rings is 3. The second-order valence-corrected chi connectivity index (χ2v) is 8.99. The number of carbonyl (C=O) groups excluding carboxylic acids is 3. The van der Waals surface area contributed by atoms with E-state index in [0.717, 1.165) is 4.90 Å². The molecule has 1 aromatic heterocycles. The Balaban J connectivity index is 1.39. The van der Waals surface area contributed by atoms with Gasteiger partial charge < -0.3 is 25.1 Å². The molecule has 0 atom stereocenters. The monoisotopic (exact) mass is 527 g/mol. The number of rotatable bonds is 10. The third-order valence-electron chi connectivity index (χ3n) is 5.19. The lowest BCUT2D eigenvalue weighted by molar-refractivity contribution is -0.114. The number of thioether (sulfide) groups is 1. The highest BCUT2D eigenvalue weighted by Gasteiger charge is 2.16. The Morgan fingerprint density at radius 1 is 0.868 bits per heavy atom. The highest BCUT2D eigenvalue weighted by molar-refractivity contribution is 8.00. The number of anilines is 2. The maximum Gasteiger partial charge on any atom is 0.272 e. The van der Waals surface area contributed by atoms with E-state index in [2.05, 4.69) is 16.0 Å². The van der Waals surface area contributed by atoms with Crippen LogP contribution in [0.4, 0.5) is 11.4 Å². The third kappa shape index (κ3) is 7.62. The fourth-order valence-corrected chi connectivity index (χ4v) is 4.10. The van der Waals surface area contributed by atoms with Crippen LogP contribution < -0.4 is 20.7 Å². The summed E-state index contributed by atoms with van der Waals surface area (Å²) in [5.74, 6) is 0.187. The van der Waals surface area contributed by atoms with Gasteiger partial charge in [0.2, 0.25) is 5.91 Å². The molecule has 0 fully saturated rings. The van der Waals surface area contributed by atoms with Crippen LogP contribution in [0.25, 0.3) is 6.08 Å². The van der Waals surface area contributed by atoms with Gasteiger partial charge in [-0.2, -0.15) is 0 Å². The predicted molar refractivity (Wildman–Crippen MR) is 148 cm³/mol. The molecule has 4 aromatic rings. The fraction of sp³-hybridized carbons (Fsp3) is 0.0690. The van der Waals surface area contributed by atoms with Crippen molar-refractivity contribution in [1.82, 2.24) is 5.32 Å². The normalized spacial score (nSPS) is 10.9. The van der Waals surface area contributed by atoms with Crippen molar-refractivity contribution in [2.45, 2.75) is 4.90 Å². The lowest BCUT2D eigenvalue weighted by Gasteiger charge is -2.12. The summed E-state index contributed by atoms with van der Waals surface area (Å²) in [6.07, 6.45) is 2.93. The van der Waals surface area contributed by atoms with Crippen LogP contribution in [0.5, 0.6) is 5.75 Å². The molecule has 0 saturated carbocycles. The molecule has 0 aliphatic carbocycles. The van der Waals surface area contributed by atoms with Crippen molar-refractivity contribution in [2.24, 2.45) is 0 Å². The zero-order valence-electron chi connectivity index (χ0n) is 20.5. The molecule has 8 nitrogen and oxygen atoms in total. The summed E-state index contributed by atoms with van der Waals surface area (Å²) >= 11 is 1.33. The van der Waals surface area contributed by atoms with E-state index in [-0.39, 0.29) is 17.4 Å². The average Bonchev–Trinajstić information content (AvgIpc) is 3.46. The maximum atomic E-state index is 13.1. The van der Waals surface area contributed by atoms with Crippen LogP contribution >= 0.6 is 11.8 Å². The van der Waals surface area contributed by atoms with Gasteiger partial charge in [-0.3, -0.25) is 14.4 Å². The van der Waals surface area contributed by atoms with Gasteiger partial charge in [0.25, 0.3) is 11.8 Å². The largest absolute Gasteiger partial charge is 0.497 e. The van der Waals surface area contributed by atoms with Gasteiger partial charge in [-0.15, -0.1) is 11.8 Å². The Hall–Kier alpha value is -4.76. The first-order chi connectivity index (χ1) is 18.5. The fourth-order valence-electron chi connectivity index (χ4n) is 3.34. The number of furan rings is 1. The molecule has 4 rings (SSSR count). The number of nitrogens with one attached hydrogen (secondary N) is 3. The molecule has 0 aliphatic rings. The molecule has 0 saturated heterocycles. The Bertz CT molecular complexity index is 1420. The SMILES string of the molecule is COc1ccc(NC(=O)CSc2cccc(NC(=O)/C(=C/c3ccco3)NC(=O)c3ccccc3)c2)cc1. The Morgan fingerprint density at radius 3 is 2.37 bits per heavy atom. The molecule has 0 aliphatic heterocycles. The molecule has 0 radical (unpaired) electrons. The van der Waals surface area contributed by atoms with Crippen molar-refractivity contribution in [1.29, 1.82) is 0 Å². The van der Waals surface area contributed by atoms with E-state index >= 15 is 0 Å². The van der Waals surface area contributed by atoms with Gasteiger partial charge in [-0.1, -0.05) is 24.3 Å². The topological polar surface area (TPSA) is 110 Å². The van der Waals surface area contributed by atoms with E-state index in [1.807, 2.05) is 6.07 Å². The summed E-state index contributed by atoms with van der Waals surface area (Å²) in [5, 5.41) is 8.30. The molecule has 9 heteroatoms. The number of hydrogen-bond donors (Lipinski definition) is 3. The minimum atomic E-state index is -0.523. The first kappa shape index (κ1) is 26.3. The molecule has 0 unspecified atom stereocenters. The molecule has 1 heterocycles. The lowest BCUT2D eigenvalue weighted by Crippen LogP contribution is -2.30. The van der Waals surface area contributed by atoms with Crippen molar-refractivity contribution in [3.63, 3.8) is 0 Å². The van der Waals surface area contributed by atoms with Crippen molar-refractivity contribution < 1.29 is 23.5 Å². The summed E-state index contributed by atoms with van der Waals surface area (Å²) in [4.78, 5) is 39.0. The zero-order valence-corrected chi connectivity index (χ0v) is 21.3. The minimum Gasteiger partial charge on any atom is -0.497 e. The molecule has 38 heavy (non-hydrogen) atoms. The van der Waals surface area contributed by atoms with E-state index in [0.29, 0.717) is 28.4 Å². The van der Waals surface area contributed by atoms with Crippen LogP contribution in [-0.4, -0.2) is 30.6 Å². The first-order valence-electron chi connectivity index (χ1n) is 11.6. The van der Waals surface area contributed by atoms with Crippen LogP contribution in [0, 0.1) is 0 Å². The summed E-state index contributed by atoms with van der Waals surface area (Å²) in [5.41, 5.74) is 1.61. The van der Waals surface area contributed by atoms with Crippen molar-refractivity contribution >= 4 is 46.9 Å². The Morgan fingerprint density at radius 2 is 1.66 bits per heavy atom. The van der Waals surface area contributed by atoms with E-state index in [1.54, 1.807) is 92.0 Å². The van der Waals surface area contributed by atoms with Crippen LogP contribution in [-0.2, 0) is 9.59 Å². The first-order valence-corrected chi connectivity index (χ1v) is 12.6. The molecule has 3 N–H and O–H groups in total. The van der Waals surface area contributed by atoms with Gasteiger partial charge in [0.05, 0.1) is 19.1 Å². The molecule has 3 amide bonds. The predicted octanol–water partition coefficient (Wildman–Crippen LogP) is 5.43. The molecule has 192 valence electrons. The Kier molecular flexibility index (Phi) is 8.98. The summed E-state index contributed by atoms with van der Waals surface area (Å²) in [7, 11) is 1.58. The highest BCUT2D eigenvalue weighted by atomic mass is 32.2. The average molecular weight is 528 g/mol. The number of amides is 3. The van der Waals surface area contributed by atoms with Gasteiger partial charge in [-0.05, 0) is 66.7 Å². The standard InChI is InChI=1S/C29H25N3O5S/c1-36-23-14-12-21(13-15-23)30-27(33)19-38-25-11-5-9-22(17-25)31-29(35)26(18-24-10-6-16-37-24)32-28(34)20-7-3-2-4-8-20/h2-18H,19H2,1H3,(H,30,33)(H,31,35)(H,32,34)/b26-18-. The van der Waals surface area contributed by atoms with E-state index in [1.165, 1.54) is 24.1 Å². The maximum absolute atomic E-state index is 13.1. The minimum absolute atomic E-state index is 0.0192. The smallest absolute Gasteiger partial charge is 0.272 e. The zero-order chi connectivity index (χ0) is 26.7. The van der Waals surface area contributed by atoms with Gasteiger partial charge >= 0.3 is 0 Å². The molecule has 0 bridgehead atoms. The van der Waals surface area contributed by atoms with Gasteiger partial charge in [-0.25, -0.2) is 0 Å². The third-order valence-corrected chi connectivity index (χ3v) is 6.19. The van der Waals surface area contributed by atoms with Crippen molar-refractivity contribution in [3.05, 3.63) is 114 Å². The van der Waals surface area contributed by atoms with E-state index in [9.17, 15) is 14.4 Å². The summed E-state index contributed by atoms with van der Waals surface area (Å²) in [6, 6.07) is 26.1. The molecule has 3 aromatic carbocycles. The van der Waals surface area contributed by atoms with Gasteiger partial charge in [0, 0.05) is 27.9 Å². The number of ether oxygens (including phenoxy) is 1. The van der Waals surface area contributed by atoms with E-state index in [4.69, 9.17) is 9.15 Å². The number of methoxy groups -OCH3 is 1. The van der Waals surface area contributed by atoms with E-state index < -0.39 is 11.8 Å². The molecular formula is C29H25N3O5S. The summed E-state index contributed by atoms with van der Waals surface area (Å²) < 4.78 is 10.4. The lowest BCUT2D eigenvalue weighted by atomic mass is 10.2. The quantitative estimate of drug-likeness (QED) is 0.187.